The predicted molar refractivity (Wildman–Crippen MR) is 69.8 cm³/mol. The summed E-state index contributed by atoms with van der Waals surface area (Å²) in [7, 11) is 4.16. The van der Waals surface area contributed by atoms with Crippen molar-refractivity contribution in [1.82, 2.24) is 4.90 Å². The summed E-state index contributed by atoms with van der Waals surface area (Å²) in [5.74, 6) is 0.876. The van der Waals surface area contributed by atoms with Gasteiger partial charge in [0.15, 0.2) is 0 Å². The number of hydrogen-bond acceptors (Lipinski definition) is 2. The number of hydrogen-bond donors (Lipinski definition) is 0. The molecule has 0 saturated carbocycles. The Labute approximate surface area is 98.9 Å². The maximum absolute atomic E-state index is 2.55. The lowest BCUT2D eigenvalue weighted by atomic mass is 10.2. The van der Waals surface area contributed by atoms with Gasteiger partial charge in [0.1, 0.15) is 0 Å². The van der Waals surface area contributed by atoms with Crippen LogP contribution in [-0.4, -0.2) is 32.1 Å². The van der Waals surface area contributed by atoms with E-state index in [9.17, 15) is 0 Å². The number of likely N-dealkylation sites (tertiary alicyclic amines) is 1. The van der Waals surface area contributed by atoms with Crippen LogP contribution in [0.3, 0.4) is 0 Å². The van der Waals surface area contributed by atoms with Crippen LogP contribution < -0.4 is 4.90 Å². The van der Waals surface area contributed by atoms with Crippen LogP contribution in [0.4, 0.5) is 5.69 Å². The second-order valence-corrected chi connectivity index (χ2v) is 5.19. The molecule has 0 spiro atoms. The van der Waals surface area contributed by atoms with Crippen molar-refractivity contribution in [1.29, 1.82) is 0 Å². The summed E-state index contributed by atoms with van der Waals surface area (Å²) in [6, 6.07) is 8.90. The molecule has 0 unspecified atom stereocenters. The fraction of sp³-hybridized carbons (Fsp3) is 0.571. The second kappa shape index (κ2) is 4.88. The van der Waals surface area contributed by atoms with Crippen LogP contribution in [0.1, 0.15) is 18.9 Å². The largest absolute Gasteiger partial charge is 0.378 e. The monoisotopic (exact) mass is 218 g/mol. The van der Waals surface area contributed by atoms with Crippen molar-refractivity contribution in [3.05, 3.63) is 29.8 Å². The number of benzene rings is 1. The molecule has 1 aliphatic heterocycles. The fourth-order valence-electron chi connectivity index (χ4n) is 2.33. The molecular weight excluding hydrogens is 196 g/mol. The Morgan fingerprint density at radius 3 is 2.44 bits per heavy atom. The van der Waals surface area contributed by atoms with Crippen LogP contribution >= 0.6 is 0 Å². The van der Waals surface area contributed by atoms with E-state index >= 15 is 0 Å². The van der Waals surface area contributed by atoms with Crippen LogP contribution in [0.15, 0.2) is 24.3 Å². The normalized spacial score (nSPS) is 21.3. The summed E-state index contributed by atoms with van der Waals surface area (Å²) >= 11 is 0. The lowest BCUT2D eigenvalue weighted by molar-refractivity contribution is 0.320. The Morgan fingerprint density at radius 1 is 1.25 bits per heavy atom. The lowest BCUT2D eigenvalue weighted by Crippen LogP contribution is -2.19. The summed E-state index contributed by atoms with van der Waals surface area (Å²) in [6.07, 6.45) is 1.36. The van der Waals surface area contributed by atoms with Gasteiger partial charge in [0.25, 0.3) is 0 Å². The highest BCUT2D eigenvalue weighted by molar-refractivity contribution is 5.45. The van der Waals surface area contributed by atoms with E-state index in [-0.39, 0.29) is 0 Å². The zero-order valence-corrected chi connectivity index (χ0v) is 10.6. The summed E-state index contributed by atoms with van der Waals surface area (Å²) in [6.45, 7) is 5.97. The average Bonchev–Trinajstić information content (AvgIpc) is 2.65. The first-order chi connectivity index (χ1) is 7.65. The van der Waals surface area contributed by atoms with Crippen molar-refractivity contribution in [2.24, 2.45) is 5.92 Å². The molecule has 1 fully saturated rings. The van der Waals surface area contributed by atoms with Crippen molar-refractivity contribution in [3.8, 4) is 0 Å². The van der Waals surface area contributed by atoms with Crippen molar-refractivity contribution >= 4 is 5.69 Å². The molecule has 1 aromatic rings. The topological polar surface area (TPSA) is 6.48 Å². The number of rotatable bonds is 3. The Balaban J connectivity index is 1.95. The van der Waals surface area contributed by atoms with E-state index in [1.54, 1.807) is 0 Å². The lowest BCUT2D eigenvalue weighted by Gasteiger charge is -2.17. The maximum atomic E-state index is 2.55. The molecule has 1 heterocycles. The van der Waals surface area contributed by atoms with Gasteiger partial charge in [-0.25, -0.2) is 0 Å². The highest BCUT2D eigenvalue weighted by Crippen LogP contribution is 2.19. The number of anilines is 1. The molecule has 1 aromatic carbocycles. The molecule has 1 atom stereocenters. The van der Waals surface area contributed by atoms with E-state index in [0.29, 0.717) is 0 Å². The van der Waals surface area contributed by atoms with E-state index < -0.39 is 0 Å². The van der Waals surface area contributed by atoms with Gasteiger partial charge in [0, 0.05) is 32.9 Å². The van der Waals surface area contributed by atoms with Gasteiger partial charge in [-0.2, -0.15) is 0 Å². The van der Waals surface area contributed by atoms with Gasteiger partial charge in [-0.15, -0.1) is 0 Å². The van der Waals surface area contributed by atoms with E-state index in [1.165, 1.54) is 30.8 Å². The first-order valence-electron chi connectivity index (χ1n) is 6.14. The molecule has 0 N–H and O–H groups in total. The summed E-state index contributed by atoms with van der Waals surface area (Å²) in [5.41, 5.74) is 2.71. The molecule has 2 heteroatoms. The molecular formula is C14H22N2. The first-order valence-corrected chi connectivity index (χ1v) is 6.14. The molecule has 0 radical (unpaired) electrons. The third-order valence-electron chi connectivity index (χ3n) is 3.37. The Morgan fingerprint density at radius 2 is 1.94 bits per heavy atom. The minimum Gasteiger partial charge on any atom is -0.378 e. The van der Waals surface area contributed by atoms with Gasteiger partial charge < -0.3 is 4.90 Å². The highest BCUT2D eigenvalue weighted by atomic mass is 15.1. The van der Waals surface area contributed by atoms with E-state index in [1.807, 2.05) is 0 Å². The standard InChI is InChI=1S/C14H22N2/c1-12-8-9-16(10-12)11-13-4-6-14(7-5-13)15(2)3/h4-7,12H,8-11H2,1-3H3/t12-/m1/s1. The zero-order chi connectivity index (χ0) is 11.5. The predicted octanol–water partition coefficient (Wildman–Crippen LogP) is 2.59. The van der Waals surface area contributed by atoms with Crippen molar-refractivity contribution < 1.29 is 0 Å². The van der Waals surface area contributed by atoms with Crippen LogP contribution in [-0.2, 0) is 6.54 Å². The molecule has 0 bridgehead atoms. The van der Waals surface area contributed by atoms with Gasteiger partial charge in [-0.05, 0) is 36.6 Å². The fourth-order valence-corrected chi connectivity index (χ4v) is 2.33. The van der Waals surface area contributed by atoms with Crippen molar-refractivity contribution in [3.63, 3.8) is 0 Å². The van der Waals surface area contributed by atoms with Crippen molar-refractivity contribution in [2.45, 2.75) is 19.9 Å². The SMILES string of the molecule is C[C@@H]1CCN(Cc2ccc(N(C)C)cc2)C1. The van der Waals surface area contributed by atoms with E-state index in [0.717, 1.165) is 12.5 Å². The minimum absolute atomic E-state index is 0.876. The second-order valence-electron chi connectivity index (χ2n) is 5.19. The molecule has 16 heavy (non-hydrogen) atoms. The van der Waals surface area contributed by atoms with Crippen LogP contribution in [0, 0.1) is 5.92 Å². The van der Waals surface area contributed by atoms with E-state index in [4.69, 9.17) is 0 Å². The molecule has 1 saturated heterocycles. The molecule has 0 aromatic heterocycles. The van der Waals surface area contributed by atoms with Gasteiger partial charge in [0.05, 0.1) is 0 Å². The molecule has 2 rings (SSSR count). The smallest absolute Gasteiger partial charge is 0.0361 e. The Bertz CT molecular complexity index is 329. The molecule has 88 valence electrons. The van der Waals surface area contributed by atoms with Crippen LogP contribution in [0.25, 0.3) is 0 Å². The molecule has 1 aliphatic rings. The zero-order valence-electron chi connectivity index (χ0n) is 10.6. The minimum atomic E-state index is 0.876. The maximum Gasteiger partial charge on any atom is 0.0361 e. The van der Waals surface area contributed by atoms with Crippen LogP contribution in [0.5, 0.6) is 0 Å². The quantitative estimate of drug-likeness (QED) is 0.769. The third kappa shape index (κ3) is 2.76. The van der Waals surface area contributed by atoms with Gasteiger partial charge in [-0.3, -0.25) is 4.90 Å². The molecule has 0 amide bonds. The van der Waals surface area contributed by atoms with Crippen molar-refractivity contribution in [2.75, 3.05) is 32.1 Å². The average molecular weight is 218 g/mol. The molecule has 2 nitrogen and oxygen atoms in total. The summed E-state index contributed by atoms with van der Waals surface area (Å²) in [4.78, 5) is 4.69. The van der Waals surface area contributed by atoms with E-state index in [2.05, 4.69) is 55.1 Å². The third-order valence-corrected chi connectivity index (χ3v) is 3.37. The Hall–Kier alpha value is -1.02. The summed E-state index contributed by atoms with van der Waals surface area (Å²) in [5, 5.41) is 0. The Kier molecular flexibility index (Phi) is 3.49. The van der Waals surface area contributed by atoms with Crippen LogP contribution in [0.2, 0.25) is 0 Å². The first kappa shape index (κ1) is 11.5. The summed E-state index contributed by atoms with van der Waals surface area (Å²) < 4.78 is 0. The van der Waals surface area contributed by atoms with Gasteiger partial charge in [0.2, 0.25) is 0 Å². The number of nitrogens with zero attached hydrogens (tertiary/aromatic N) is 2. The highest BCUT2D eigenvalue weighted by Gasteiger charge is 2.18. The van der Waals surface area contributed by atoms with Gasteiger partial charge in [-0.1, -0.05) is 19.1 Å². The molecule has 0 aliphatic carbocycles. The van der Waals surface area contributed by atoms with Gasteiger partial charge >= 0.3 is 0 Å².